The number of anilines is 1. The van der Waals surface area contributed by atoms with E-state index in [1.165, 1.54) is 19.3 Å². The number of oxime groups is 1. The second-order valence-corrected chi connectivity index (χ2v) is 4.70. The smallest absolute Gasteiger partial charge is 0.188 e. The highest BCUT2D eigenvalue weighted by Gasteiger charge is 2.20. The number of pyridine rings is 1. The first kappa shape index (κ1) is 12.7. The van der Waals surface area contributed by atoms with Crippen LogP contribution in [-0.2, 0) is 0 Å². The Morgan fingerprint density at radius 3 is 2.89 bits per heavy atom. The van der Waals surface area contributed by atoms with E-state index in [1.54, 1.807) is 6.07 Å². The minimum absolute atomic E-state index is 0.0524. The van der Waals surface area contributed by atoms with Crippen LogP contribution < -0.4 is 10.6 Å². The molecule has 0 saturated heterocycles. The van der Waals surface area contributed by atoms with Crippen molar-refractivity contribution in [2.75, 3.05) is 18.0 Å². The van der Waals surface area contributed by atoms with E-state index in [2.05, 4.69) is 22.0 Å². The quantitative estimate of drug-likeness (QED) is 0.360. The fraction of sp³-hybridized carbons (Fsp3) is 0.538. The van der Waals surface area contributed by atoms with Gasteiger partial charge in [0.15, 0.2) is 5.84 Å². The number of hydrogen-bond donors (Lipinski definition) is 2. The molecule has 0 aliphatic heterocycles. The molecule has 0 aromatic carbocycles. The Kier molecular flexibility index (Phi) is 4.02. The van der Waals surface area contributed by atoms with Crippen molar-refractivity contribution in [3.63, 3.8) is 0 Å². The zero-order valence-corrected chi connectivity index (χ0v) is 10.7. The molecule has 18 heavy (non-hydrogen) atoms. The summed E-state index contributed by atoms with van der Waals surface area (Å²) in [5.74, 6) is 1.74. The van der Waals surface area contributed by atoms with Crippen LogP contribution >= 0.6 is 0 Å². The van der Waals surface area contributed by atoms with E-state index in [0.717, 1.165) is 24.8 Å². The third-order valence-electron chi connectivity index (χ3n) is 3.51. The first-order valence-corrected chi connectivity index (χ1v) is 6.44. The van der Waals surface area contributed by atoms with Crippen LogP contribution in [0.25, 0.3) is 0 Å². The van der Waals surface area contributed by atoms with E-state index in [9.17, 15) is 0 Å². The molecule has 0 unspecified atom stereocenters. The lowest BCUT2D eigenvalue weighted by atomic mass is 9.85. The molecule has 1 aromatic rings. The van der Waals surface area contributed by atoms with Gasteiger partial charge in [0.25, 0.3) is 0 Å². The topological polar surface area (TPSA) is 74.7 Å². The Morgan fingerprint density at radius 2 is 2.33 bits per heavy atom. The molecule has 0 radical (unpaired) electrons. The van der Waals surface area contributed by atoms with Crippen molar-refractivity contribution in [1.82, 2.24) is 4.98 Å². The Morgan fingerprint density at radius 1 is 1.56 bits per heavy atom. The van der Waals surface area contributed by atoms with Crippen LogP contribution in [0.5, 0.6) is 0 Å². The maximum Gasteiger partial charge on any atom is 0.188 e. The molecule has 0 spiro atoms. The Bertz CT molecular complexity index is 429. The summed E-state index contributed by atoms with van der Waals surface area (Å²) in [5, 5.41) is 11.7. The lowest BCUT2D eigenvalue weighted by Crippen LogP contribution is -2.33. The van der Waals surface area contributed by atoms with Crippen LogP contribution in [-0.4, -0.2) is 29.1 Å². The lowest BCUT2D eigenvalue weighted by molar-refractivity contribution is 0.317. The zero-order chi connectivity index (χ0) is 13.0. The van der Waals surface area contributed by atoms with Crippen molar-refractivity contribution < 1.29 is 5.21 Å². The van der Waals surface area contributed by atoms with Gasteiger partial charge < -0.3 is 15.8 Å². The maximum absolute atomic E-state index is 8.68. The van der Waals surface area contributed by atoms with E-state index in [1.807, 2.05) is 12.1 Å². The number of rotatable bonds is 5. The number of hydrogen-bond acceptors (Lipinski definition) is 4. The van der Waals surface area contributed by atoms with Gasteiger partial charge in [0, 0.05) is 13.1 Å². The van der Waals surface area contributed by atoms with E-state index in [4.69, 9.17) is 10.9 Å². The second kappa shape index (κ2) is 5.71. The van der Waals surface area contributed by atoms with Crippen molar-refractivity contribution in [3.8, 4) is 0 Å². The molecule has 0 bridgehead atoms. The summed E-state index contributed by atoms with van der Waals surface area (Å²) in [6.45, 7) is 4.09. The van der Waals surface area contributed by atoms with Gasteiger partial charge in [0.2, 0.25) is 0 Å². The summed E-state index contributed by atoms with van der Waals surface area (Å²) >= 11 is 0. The van der Waals surface area contributed by atoms with Crippen LogP contribution in [0.1, 0.15) is 31.9 Å². The zero-order valence-electron chi connectivity index (χ0n) is 10.7. The third-order valence-corrected chi connectivity index (χ3v) is 3.51. The summed E-state index contributed by atoms with van der Waals surface area (Å²) in [6.07, 6.45) is 3.98. The van der Waals surface area contributed by atoms with Gasteiger partial charge in [-0.1, -0.05) is 17.6 Å². The van der Waals surface area contributed by atoms with E-state index in [0.29, 0.717) is 5.69 Å². The van der Waals surface area contributed by atoms with Crippen molar-refractivity contribution in [2.45, 2.75) is 26.2 Å². The van der Waals surface area contributed by atoms with Crippen LogP contribution in [0.2, 0.25) is 0 Å². The standard InChI is InChI=1S/C13H20N4O/c1-2-17(9-10-5-3-6-10)12-8-4-7-11(15-12)13(14)16-18/h4,7-8,10,18H,2-3,5-6,9H2,1H3,(H2,14,16). The van der Waals surface area contributed by atoms with Crippen molar-refractivity contribution in [2.24, 2.45) is 16.8 Å². The summed E-state index contributed by atoms with van der Waals surface area (Å²) in [7, 11) is 0. The average Bonchev–Trinajstić information content (AvgIpc) is 2.37. The summed E-state index contributed by atoms with van der Waals surface area (Å²) in [6, 6.07) is 5.60. The third kappa shape index (κ3) is 2.72. The number of aromatic nitrogens is 1. The summed E-state index contributed by atoms with van der Waals surface area (Å²) in [5.41, 5.74) is 6.08. The van der Waals surface area contributed by atoms with Gasteiger partial charge in [-0.25, -0.2) is 4.98 Å². The first-order chi connectivity index (χ1) is 8.74. The molecular weight excluding hydrogens is 228 g/mol. The molecule has 1 aromatic heterocycles. The molecule has 1 aliphatic rings. The molecular formula is C13H20N4O. The molecule has 1 aliphatic carbocycles. The molecule has 98 valence electrons. The highest BCUT2D eigenvalue weighted by atomic mass is 16.4. The molecule has 1 heterocycles. The SMILES string of the molecule is CCN(CC1CCC1)c1cccc(/C(N)=N/O)n1. The van der Waals surface area contributed by atoms with Gasteiger partial charge in [-0.05, 0) is 37.8 Å². The molecule has 2 rings (SSSR count). The normalized spacial score (nSPS) is 16.4. The van der Waals surface area contributed by atoms with Crippen molar-refractivity contribution in [3.05, 3.63) is 23.9 Å². The molecule has 0 atom stereocenters. The fourth-order valence-corrected chi connectivity index (χ4v) is 2.16. The number of nitrogens with zero attached hydrogens (tertiary/aromatic N) is 3. The van der Waals surface area contributed by atoms with Crippen molar-refractivity contribution in [1.29, 1.82) is 0 Å². The largest absolute Gasteiger partial charge is 0.409 e. The van der Waals surface area contributed by atoms with Gasteiger partial charge in [-0.3, -0.25) is 0 Å². The van der Waals surface area contributed by atoms with Gasteiger partial charge in [-0.2, -0.15) is 0 Å². The maximum atomic E-state index is 8.68. The number of amidine groups is 1. The summed E-state index contributed by atoms with van der Waals surface area (Å²) < 4.78 is 0. The Labute approximate surface area is 107 Å². The molecule has 1 saturated carbocycles. The van der Waals surface area contributed by atoms with Gasteiger partial charge >= 0.3 is 0 Å². The minimum Gasteiger partial charge on any atom is -0.409 e. The van der Waals surface area contributed by atoms with Gasteiger partial charge in [-0.15, -0.1) is 0 Å². The van der Waals surface area contributed by atoms with Gasteiger partial charge in [0.05, 0.1) is 0 Å². The van der Waals surface area contributed by atoms with Crippen molar-refractivity contribution >= 4 is 11.7 Å². The predicted octanol–water partition coefficient (Wildman–Crippen LogP) is 1.80. The highest BCUT2D eigenvalue weighted by Crippen LogP contribution is 2.28. The molecule has 0 amide bonds. The number of nitrogens with two attached hydrogens (primary N) is 1. The highest BCUT2D eigenvalue weighted by molar-refractivity contribution is 5.95. The van der Waals surface area contributed by atoms with Gasteiger partial charge in [0.1, 0.15) is 11.5 Å². The lowest BCUT2D eigenvalue weighted by Gasteiger charge is -2.32. The van der Waals surface area contributed by atoms with Crippen LogP contribution in [0.3, 0.4) is 0 Å². The Balaban J connectivity index is 2.14. The second-order valence-electron chi connectivity index (χ2n) is 4.70. The monoisotopic (exact) mass is 248 g/mol. The molecule has 5 nitrogen and oxygen atoms in total. The Hall–Kier alpha value is -1.78. The van der Waals surface area contributed by atoms with Crippen LogP contribution in [0.15, 0.2) is 23.4 Å². The minimum atomic E-state index is 0.0524. The van der Waals surface area contributed by atoms with Crippen LogP contribution in [0.4, 0.5) is 5.82 Å². The van der Waals surface area contributed by atoms with E-state index < -0.39 is 0 Å². The van der Waals surface area contributed by atoms with Crippen LogP contribution in [0, 0.1) is 5.92 Å². The summed E-state index contributed by atoms with van der Waals surface area (Å²) in [4.78, 5) is 6.68. The fourth-order valence-electron chi connectivity index (χ4n) is 2.16. The molecule has 1 fully saturated rings. The van der Waals surface area contributed by atoms with E-state index in [-0.39, 0.29) is 5.84 Å². The molecule has 3 N–H and O–H groups in total. The predicted molar refractivity (Wildman–Crippen MR) is 72.0 cm³/mol. The average molecular weight is 248 g/mol. The molecule has 5 heteroatoms. The first-order valence-electron chi connectivity index (χ1n) is 6.44. The van der Waals surface area contributed by atoms with E-state index >= 15 is 0 Å².